The molecule has 0 aliphatic heterocycles. The number of rotatable bonds is 9. The summed E-state index contributed by atoms with van der Waals surface area (Å²) in [6.45, 7) is 8.01. The van der Waals surface area contributed by atoms with Gasteiger partial charge in [0.05, 0.1) is 29.2 Å². The summed E-state index contributed by atoms with van der Waals surface area (Å²) in [4.78, 5) is 24.2. The zero-order valence-corrected chi connectivity index (χ0v) is 16.3. The Hall–Kier alpha value is -1.93. The Kier molecular flexibility index (Phi) is 8.23. The van der Waals surface area contributed by atoms with Crippen LogP contribution in [0.5, 0.6) is 0 Å². The van der Waals surface area contributed by atoms with Crippen LogP contribution in [0.3, 0.4) is 0 Å². The number of esters is 2. The maximum Gasteiger partial charge on any atom is 0.339 e. The molecule has 1 aromatic rings. The highest BCUT2D eigenvalue weighted by Gasteiger charge is 2.23. The van der Waals surface area contributed by atoms with Crippen molar-refractivity contribution >= 4 is 22.1 Å². The molecule has 0 fully saturated rings. The average Bonchev–Trinajstić information content (AvgIpc) is 2.61. The summed E-state index contributed by atoms with van der Waals surface area (Å²) in [5.74, 6) is -1.32. The summed E-state index contributed by atoms with van der Waals surface area (Å²) in [5.41, 5.74) is -0.354. The first-order chi connectivity index (χ1) is 12.1. The molecular formula is C18H26O7S. The van der Waals surface area contributed by atoms with Crippen molar-refractivity contribution < 1.29 is 32.0 Å². The Bertz CT molecular complexity index is 740. The average molecular weight is 386 g/mol. The lowest BCUT2D eigenvalue weighted by Gasteiger charge is -2.14. The van der Waals surface area contributed by atoms with Crippen molar-refractivity contribution in [3.05, 3.63) is 29.3 Å². The minimum absolute atomic E-state index is 0.102. The standard InChI is InChI=1S/C18H26O7S/c1-5-12(3)10-24-17(19)15-8-7-14(26(21,22)23)9-16(15)18(20)25-11-13(4)6-2/h7-9,12-13H,5-6,10-11H2,1-4H3,(H,21,22,23). The number of hydrogen-bond acceptors (Lipinski definition) is 6. The van der Waals surface area contributed by atoms with Gasteiger partial charge in [0.1, 0.15) is 0 Å². The van der Waals surface area contributed by atoms with Crippen molar-refractivity contribution in [2.75, 3.05) is 13.2 Å². The molecule has 8 heteroatoms. The van der Waals surface area contributed by atoms with E-state index in [-0.39, 0.29) is 36.2 Å². The molecule has 0 aromatic heterocycles. The molecule has 0 aliphatic carbocycles. The molecule has 0 spiro atoms. The molecule has 1 rings (SSSR count). The van der Waals surface area contributed by atoms with Gasteiger partial charge in [0.2, 0.25) is 0 Å². The summed E-state index contributed by atoms with van der Waals surface area (Å²) in [6, 6.07) is 3.11. The molecule has 0 heterocycles. The third-order valence-electron chi connectivity index (χ3n) is 4.12. The van der Waals surface area contributed by atoms with E-state index in [1.54, 1.807) is 0 Å². The molecule has 1 N–H and O–H groups in total. The fourth-order valence-electron chi connectivity index (χ4n) is 1.86. The number of carbonyl (C=O) groups is 2. The Morgan fingerprint density at radius 1 is 0.962 bits per heavy atom. The molecule has 0 bridgehead atoms. The molecule has 0 radical (unpaired) electrons. The van der Waals surface area contributed by atoms with Gasteiger partial charge in [0, 0.05) is 0 Å². The van der Waals surface area contributed by atoms with Gasteiger partial charge in [0.15, 0.2) is 0 Å². The number of carbonyl (C=O) groups excluding carboxylic acids is 2. The van der Waals surface area contributed by atoms with Crippen molar-refractivity contribution in [2.45, 2.75) is 45.4 Å². The van der Waals surface area contributed by atoms with Crippen LogP contribution < -0.4 is 0 Å². The Morgan fingerprint density at radius 2 is 1.42 bits per heavy atom. The lowest BCUT2D eigenvalue weighted by Crippen LogP contribution is -2.19. The van der Waals surface area contributed by atoms with Crippen LogP contribution in [0.2, 0.25) is 0 Å². The fourth-order valence-corrected chi connectivity index (χ4v) is 2.36. The van der Waals surface area contributed by atoms with Gasteiger partial charge in [-0.3, -0.25) is 4.55 Å². The van der Waals surface area contributed by atoms with Crippen molar-refractivity contribution in [3.63, 3.8) is 0 Å². The van der Waals surface area contributed by atoms with Gasteiger partial charge in [-0.15, -0.1) is 0 Å². The van der Waals surface area contributed by atoms with Crippen LogP contribution in [0.1, 0.15) is 61.3 Å². The predicted molar refractivity (Wildman–Crippen MR) is 95.7 cm³/mol. The van der Waals surface area contributed by atoms with Gasteiger partial charge >= 0.3 is 11.9 Å². The first-order valence-electron chi connectivity index (χ1n) is 8.55. The Balaban J connectivity index is 3.15. The molecule has 2 atom stereocenters. The molecule has 26 heavy (non-hydrogen) atoms. The van der Waals surface area contributed by atoms with Crippen LogP contribution in [0.15, 0.2) is 23.1 Å². The predicted octanol–water partition coefficient (Wildman–Crippen LogP) is 3.34. The molecule has 0 saturated heterocycles. The highest BCUT2D eigenvalue weighted by atomic mass is 32.2. The second-order valence-electron chi connectivity index (χ2n) is 6.41. The van der Waals surface area contributed by atoms with Gasteiger partial charge < -0.3 is 9.47 Å². The van der Waals surface area contributed by atoms with E-state index in [2.05, 4.69) is 0 Å². The maximum absolute atomic E-state index is 12.4. The minimum atomic E-state index is -4.53. The molecule has 7 nitrogen and oxygen atoms in total. The van der Waals surface area contributed by atoms with E-state index in [9.17, 15) is 22.6 Å². The highest BCUT2D eigenvalue weighted by Crippen LogP contribution is 2.19. The van der Waals surface area contributed by atoms with E-state index >= 15 is 0 Å². The summed E-state index contributed by atoms with van der Waals surface area (Å²) in [5, 5.41) is 0. The van der Waals surface area contributed by atoms with Gasteiger partial charge in [-0.05, 0) is 30.0 Å². The van der Waals surface area contributed by atoms with Crippen LogP contribution in [0.4, 0.5) is 0 Å². The topological polar surface area (TPSA) is 107 Å². The van der Waals surface area contributed by atoms with Crippen molar-refractivity contribution in [1.82, 2.24) is 0 Å². The molecule has 0 amide bonds. The normalized spacial score (nSPS) is 13.7. The Morgan fingerprint density at radius 3 is 1.85 bits per heavy atom. The van der Waals surface area contributed by atoms with E-state index in [1.807, 2.05) is 27.7 Å². The summed E-state index contributed by atoms with van der Waals surface area (Å²) >= 11 is 0. The molecule has 0 saturated carbocycles. The summed E-state index contributed by atoms with van der Waals surface area (Å²) < 4.78 is 42.2. The van der Waals surface area contributed by atoms with Gasteiger partial charge in [-0.25, -0.2) is 9.59 Å². The zero-order chi connectivity index (χ0) is 19.9. The molecule has 0 aliphatic rings. The monoisotopic (exact) mass is 386 g/mol. The fraction of sp³-hybridized carbons (Fsp3) is 0.556. The first-order valence-corrected chi connectivity index (χ1v) is 9.99. The van der Waals surface area contributed by atoms with Crippen LogP contribution in [0.25, 0.3) is 0 Å². The second kappa shape index (κ2) is 9.68. The molecular weight excluding hydrogens is 360 g/mol. The van der Waals surface area contributed by atoms with Gasteiger partial charge in [-0.2, -0.15) is 8.42 Å². The lowest BCUT2D eigenvalue weighted by molar-refractivity contribution is 0.0400. The molecule has 146 valence electrons. The minimum Gasteiger partial charge on any atom is -0.462 e. The number of hydrogen-bond donors (Lipinski definition) is 1. The first kappa shape index (κ1) is 22.1. The van der Waals surface area contributed by atoms with Crippen LogP contribution in [-0.2, 0) is 19.6 Å². The molecule has 1 aromatic carbocycles. The lowest BCUT2D eigenvalue weighted by atomic mass is 10.1. The smallest absolute Gasteiger partial charge is 0.339 e. The van der Waals surface area contributed by atoms with Crippen molar-refractivity contribution in [2.24, 2.45) is 11.8 Å². The summed E-state index contributed by atoms with van der Waals surface area (Å²) in [7, 11) is -4.53. The van der Waals surface area contributed by atoms with Crippen LogP contribution in [-0.4, -0.2) is 38.1 Å². The van der Waals surface area contributed by atoms with Crippen LogP contribution >= 0.6 is 0 Å². The van der Waals surface area contributed by atoms with Gasteiger partial charge in [-0.1, -0.05) is 40.5 Å². The van der Waals surface area contributed by atoms with Crippen molar-refractivity contribution in [1.29, 1.82) is 0 Å². The Labute approximate surface area is 154 Å². The maximum atomic E-state index is 12.4. The second-order valence-corrected chi connectivity index (χ2v) is 7.83. The van der Waals surface area contributed by atoms with Crippen molar-refractivity contribution in [3.8, 4) is 0 Å². The number of benzene rings is 1. The van der Waals surface area contributed by atoms with E-state index in [4.69, 9.17) is 9.47 Å². The van der Waals surface area contributed by atoms with Crippen LogP contribution in [0, 0.1) is 11.8 Å². The third-order valence-corrected chi connectivity index (χ3v) is 4.97. The van der Waals surface area contributed by atoms with E-state index in [0.717, 1.165) is 31.0 Å². The van der Waals surface area contributed by atoms with Gasteiger partial charge in [0.25, 0.3) is 10.1 Å². The van der Waals surface area contributed by atoms with E-state index < -0.39 is 27.0 Å². The summed E-state index contributed by atoms with van der Waals surface area (Å²) in [6.07, 6.45) is 1.61. The van der Waals surface area contributed by atoms with E-state index in [0.29, 0.717) is 0 Å². The largest absolute Gasteiger partial charge is 0.462 e. The number of ether oxygens (including phenoxy) is 2. The quantitative estimate of drug-likeness (QED) is 0.512. The molecule has 2 unspecified atom stereocenters. The third kappa shape index (κ3) is 6.42. The zero-order valence-electron chi connectivity index (χ0n) is 15.5. The van der Waals surface area contributed by atoms with E-state index in [1.165, 1.54) is 0 Å². The highest BCUT2D eigenvalue weighted by molar-refractivity contribution is 7.85. The SMILES string of the molecule is CCC(C)COC(=O)c1ccc(S(=O)(=O)O)cc1C(=O)OCC(C)CC.